The van der Waals surface area contributed by atoms with E-state index in [1.54, 1.807) is 24.3 Å². The molecule has 1 aliphatic rings. The van der Waals surface area contributed by atoms with Crippen molar-refractivity contribution in [1.29, 1.82) is 0 Å². The van der Waals surface area contributed by atoms with E-state index in [2.05, 4.69) is 0 Å². The molecule has 9 heteroatoms. The van der Waals surface area contributed by atoms with Crippen LogP contribution in [0.1, 0.15) is 11.1 Å². The van der Waals surface area contributed by atoms with E-state index in [1.165, 1.54) is 18.2 Å². The Morgan fingerprint density at radius 1 is 1.19 bits per heavy atom. The lowest BCUT2D eigenvalue weighted by molar-refractivity contribution is -0.385. The highest BCUT2D eigenvalue weighted by Crippen LogP contribution is 2.35. The van der Waals surface area contributed by atoms with E-state index in [0.717, 1.165) is 28.3 Å². The number of phenolic OH excluding ortho intramolecular Hbond substituents is 1. The SMILES string of the molecule is O=C1S/C(=C\c2ccc(O)c([N+](=O)[O-])c2)C(=O)N1Cc1ccc(Cl)cc1. The molecule has 0 aromatic heterocycles. The molecule has 132 valence electrons. The topological polar surface area (TPSA) is 101 Å². The maximum Gasteiger partial charge on any atom is 0.311 e. The summed E-state index contributed by atoms with van der Waals surface area (Å²) in [5.41, 5.74) is 0.615. The van der Waals surface area contributed by atoms with Gasteiger partial charge in [0.25, 0.3) is 11.1 Å². The van der Waals surface area contributed by atoms with Crippen molar-refractivity contribution in [2.24, 2.45) is 0 Å². The predicted octanol–water partition coefficient (Wildman–Crippen LogP) is 4.19. The fourth-order valence-corrected chi connectivity index (χ4v) is 3.30. The zero-order valence-corrected chi connectivity index (χ0v) is 14.7. The molecule has 1 heterocycles. The van der Waals surface area contributed by atoms with Gasteiger partial charge in [-0.2, -0.15) is 0 Å². The highest BCUT2D eigenvalue weighted by molar-refractivity contribution is 8.18. The number of benzene rings is 2. The number of hydrogen-bond donors (Lipinski definition) is 1. The summed E-state index contributed by atoms with van der Waals surface area (Å²) in [5, 5.41) is 20.5. The minimum absolute atomic E-state index is 0.106. The Kier molecular flexibility index (Phi) is 4.97. The first kappa shape index (κ1) is 18.0. The van der Waals surface area contributed by atoms with Gasteiger partial charge < -0.3 is 5.11 Å². The van der Waals surface area contributed by atoms with Crippen LogP contribution in [0.2, 0.25) is 5.02 Å². The molecule has 0 atom stereocenters. The number of rotatable bonds is 4. The van der Waals surface area contributed by atoms with Crippen molar-refractivity contribution >= 4 is 46.3 Å². The van der Waals surface area contributed by atoms with Crippen LogP contribution in [0.15, 0.2) is 47.4 Å². The smallest absolute Gasteiger partial charge is 0.311 e. The van der Waals surface area contributed by atoms with Gasteiger partial charge in [-0.3, -0.25) is 24.6 Å². The van der Waals surface area contributed by atoms with Crippen LogP contribution in [0, 0.1) is 10.1 Å². The Morgan fingerprint density at radius 2 is 1.88 bits per heavy atom. The molecule has 26 heavy (non-hydrogen) atoms. The quantitative estimate of drug-likeness (QED) is 0.477. The fraction of sp³-hybridized carbons (Fsp3) is 0.0588. The second-order valence-corrected chi connectivity index (χ2v) is 6.83. The third-order valence-corrected chi connectivity index (χ3v) is 4.78. The van der Waals surface area contributed by atoms with E-state index in [0.29, 0.717) is 10.6 Å². The third kappa shape index (κ3) is 3.71. The van der Waals surface area contributed by atoms with E-state index >= 15 is 0 Å². The molecule has 0 radical (unpaired) electrons. The van der Waals surface area contributed by atoms with Crippen LogP contribution >= 0.6 is 23.4 Å². The number of imide groups is 1. The summed E-state index contributed by atoms with van der Waals surface area (Å²) in [4.78, 5) is 36.0. The molecule has 2 amide bonds. The van der Waals surface area contributed by atoms with Crippen LogP contribution in [0.25, 0.3) is 6.08 Å². The van der Waals surface area contributed by atoms with Crippen LogP contribution in [-0.4, -0.2) is 26.1 Å². The highest BCUT2D eigenvalue weighted by Gasteiger charge is 2.35. The van der Waals surface area contributed by atoms with Gasteiger partial charge in [-0.25, -0.2) is 0 Å². The first-order valence-electron chi connectivity index (χ1n) is 7.32. The van der Waals surface area contributed by atoms with Gasteiger partial charge in [-0.1, -0.05) is 29.8 Å². The van der Waals surface area contributed by atoms with Crippen molar-refractivity contribution in [2.45, 2.75) is 6.54 Å². The average Bonchev–Trinajstić information content (AvgIpc) is 2.85. The molecule has 3 rings (SSSR count). The van der Waals surface area contributed by atoms with Gasteiger partial charge in [0.2, 0.25) is 0 Å². The molecule has 2 aromatic rings. The molecule has 0 saturated carbocycles. The van der Waals surface area contributed by atoms with E-state index in [4.69, 9.17) is 11.6 Å². The summed E-state index contributed by atoms with van der Waals surface area (Å²) < 4.78 is 0. The summed E-state index contributed by atoms with van der Waals surface area (Å²) in [7, 11) is 0. The number of amides is 2. The normalized spacial score (nSPS) is 15.7. The van der Waals surface area contributed by atoms with Crippen molar-refractivity contribution in [3.8, 4) is 5.75 Å². The second-order valence-electron chi connectivity index (χ2n) is 5.40. The van der Waals surface area contributed by atoms with Gasteiger partial charge in [0.05, 0.1) is 16.4 Å². The summed E-state index contributed by atoms with van der Waals surface area (Å²) in [6, 6.07) is 10.5. The lowest BCUT2D eigenvalue weighted by atomic mass is 10.1. The molecule has 0 unspecified atom stereocenters. The molecular weight excluding hydrogens is 380 g/mol. The van der Waals surface area contributed by atoms with E-state index in [9.17, 15) is 24.8 Å². The van der Waals surface area contributed by atoms with Crippen molar-refractivity contribution in [3.63, 3.8) is 0 Å². The third-order valence-electron chi connectivity index (χ3n) is 3.62. The fourth-order valence-electron chi connectivity index (χ4n) is 2.34. The molecule has 1 fully saturated rings. The van der Waals surface area contributed by atoms with E-state index < -0.39 is 27.5 Å². The van der Waals surface area contributed by atoms with Gasteiger partial charge in [0.1, 0.15) is 0 Å². The first-order chi connectivity index (χ1) is 12.3. The van der Waals surface area contributed by atoms with Gasteiger partial charge in [0.15, 0.2) is 5.75 Å². The molecule has 1 N–H and O–H groups in total. The Balaban J connectivity index is 1.84. The summed E-state index contributed by atoms with van der Waals surface area (Å²) in [6.07, 6.45) is 1.39. The number of carbonyl (C=O) groups is 2. The molecule has 2 aromatic carbocycles. The van der Waals surface area contributed by atoms with Crippen molar-refractivity contribution < 1.29 is 19.6 Å². The lowest BCUT2D eigenvalue weighted by Crippen LogP contribution is -2.27. The zero-order chi connectivity index (χ0) is 18.8. The Morgan fingerprint density at radius 3 is 2.54 bits per heavy atom. The molecule has 7 nitrogen and oxygen atoms in total. The second kappa shape index (κ2) is 7.19. The predicted molar refractivity (Wildman–Crippen MR) is 97.7 cm³/mol. The molecule has 1 saturated heterocycles. The highest BCUT2D eigenvalue weighted by atomic mass is 35.5. The number of nitro benzene ring substituents is 1. The molecule has 0 aliphatic carbocycles. The van der Waals surface area contributed by atoms with E-state index in [1.807, 2.05) is 0 Å². The van der Waals surface area contributed by atoms with Crippen LogP contribution < -0.4 is 0 Å². The number of carbonyl (C=O) groups excluding carboxylic acids is 2. The van der Waals surface area contributed by atoms with Crippen LogP contribution in [-0.2, 0) is 11.3 Å². The summed E-state index contributed by atoms with van der Waals surface area (Å²) in [5.74, 6) is -0.950. The van der Waals surface area contributed by atoms with Crippen molar-refractivity contribution in [2.75, 3.05) is 0 Å². The Labute approximate surface area is 157 Å². The first-order valence-corrected chi connectivity index (χ1v) is 8.52. The Hall–Kier alpha value is -2.84. The van der Waals surface area contributed by atoms with E-state index in [-0.39, 0.29) is 11.4 Å². The molecular formula is C17H11ClN2O5S. The molecule has 0 bridgehead atoms. The number of hydrogen-bond acceptors (Lipinski definition) is 6. The number of nitrogens with zero attached hydrogens (tertiary/aromatic N) is 2. The summed E-state index contributed by atoms with van der Waals surface area (Å²) >= 11 is 6.58. The van der Waals surface area contributed by atoms with Crippen molar-refractivity contribution in [1.82, 2.24) is 4.90 Å². The van der Waals surface area contributed by atoms with Crippen LogP contribution in [0.4, 0.5) is 10.5 Å². The number of thioether (sulfide) groups is 1. The van der Waals surface area contributed by atoms with Gasteiger partial charge in [0, 0.05) is 11.1 Å². The Bertz CT molecular complexity index is 943. The summed E-state index contributed by atoms with van der Waals surface area (Å²) in [6.45, 7) is 0.106. The minimum atomic E-state index is -0.723. The number of nitro groups is 1. The average molecular weight is 391 g/mol. The lowest BCUT2D eigenvalue weighted by Gasteiger charge is -2.12. The zero-order valence-electron chi connectivity index (χ0n) is 13.1. The minimum Gasteiger partial charge on any atom is -0.502 e. The van der Waals surface area contributed by atoms with Crippen molar-refractivity contribution in [3.05, 3.63) is 73.6 Å². The maximum atomic E-state index is 12.5. The number of aromatic hydroxyl groups is 1. The van der Waals surface area contributed by atoms with Gasteiger partial charge in [-0.15, -0.1) is 0 Å². The van der Waals surface area contributed by atoms with Gasteiger partial charge in [-0.05, 0) is 47.2 Å². The molecule has 1 aliphatic heterocycles. The van der Waals surface area contributed by atoms with Crippen LogP contribution in [0.5, 0.6) is 5.75 Å². The van der Waals surface area contributed by atoms with Gasteiger partial charge >= 0.3 is 5.69 Å². The maximum absolute atomic E-state index is 12.5. The monoisotopic (exact) mass is 390 g/mol. The molecule has 0 spiro atoms. The largest absolute Gasteiger partial charge is 0.502 e. The van der Waals surface area contributed by atoms with Crippen LogP contribution in [0.3, 0.4) is 0 Å². The standard InChI is InChI=1S/C17H11ClN2O5S/c18-12-4-1-10(2-5-12)9-19-16(22)15(26-17(19)23)8-11-3-6-14(21)13(7-11)20(24)25/h1-8,21H,9H2/b15-8-. The number of phenols is 1. The number of halogens is 1.